The summed E-state index contributed by atoms with van der Waals surface area (Å²) in [5.74, 6) is -0.115. The Labute approximate surface area is 134 Å². The number of amides is 1. The van der Waals surface area contributed by atoms with Crippen LogP contribution in [0.2, 0.25) is 5.02 Å². The first-order chi connectivity index (χ1) is 10.5. The van der Waals surface area contributed by atoms with Crippen molar-refractivity contribution in [1.82, 2.24) is 0 Å². The minimum atomic E-state index is -0.115. The van der Waals surface area contributed by atoms with Gasteiger partial charge in [0, 0.05) is 5.02 Å². The van der Waals surface area contributed by atoms with Crippen LogP contribution in [0.5, 0.6) is 0 Å². The maximum atomic E-state index is 12.6. The van der Waals surface area contributed by atoms with Gasteiger partial charge in [0.05, 0.1) is 17.0 Å². The summed E-state index contributed by atoms with van der Waals surface area (Å²) < 4.78 is 0. The van der Waals surface area contributed by atoms with Gasteiger partial charge in [-0.3, -0.25) is 4.79 Å². The topological polar surface area (TPSA) is 32.7 Å². The molecule has 110 valence electrons. The molecule has 0 fully saturated rings. The fourth-order valence-electron chi connectivity index (χ4n) is 2.27. The van der Waals surface area contributed by atoms with Crippen molar-refractivity contribution in [1.29, 1.82) is 0 Å². The molecule has 2 aromatic rings. The van der Waals surface area contributed by atoms with Gasteiger partial charge in [0.15, 0.2) is 0 Å². The maximum absolute atomic E-state index is 12.6. The minimum Gasteiger partial charge on any atom is -0.267 e. The second kappa shape index (κ2) is 5.78. The van der Waals surface area contributed by atoms with Gasteiger partial charge in [-0.15, -0.1) is 0 Å². The first-order valence-electron chi connectivity index (χ1n) is 6.98. The largest absolute Gasteiger partial charge is 0.280 e. The number of benzene rings is 2. The molecule has 0 radical (unpaired) electrons. The van der Waals surface area contributed by atoms with Crippen LogP contribution in [0.3, 0.4) is 0 Å². The molecule has 0 bridgehead atoms. The van der Waals surface area contributed by atoms with Crippen molar-refractivity contribution in [3.8, 4) is 0 Å². The van der Waals surface area contributed by atoms with Gasteiger partial charge in [0.1, 0.15) is 0 Å². The van der Waals surface area contributed by atoms with Crippen LogP contribution in [0.15, 0.2) is 59.2 Å². The van der Waals surface area contributed by atoms with Gasteiger partial charge < -0.3 is 0 Å². The molecule has 0 spiro atoms. The van der Waals surface area contributed by atoms with Crippen molar-refractivity contribution >= 4 is 35.0 Å². The molecule has 1 aliphatic heterocycles. The number of hydrogen-bond acceptors (Lipinski definition) is 2. The molecule has 2 aromatic carbocycles. The first kappa shape index (κ1) is 14.5. The SMILES string of the molecule is CC1=NN(c2ccc(C)cc2)C(=O)C1=Cc1ccc(Cl)cc1. The molecule has 3 rings (SSSR count). The summed E-state index contributed by atoms with van der Waals surface area (Å²) in [6.45, 7) is 3.85. The van der Waals surface area contributed by atoms with Crippen LogP contribution < -0.4 is 5.01 Å². The summed E-state index contributed by atoms with van der Waals surface area (Å²) in [4.78, 5) is 12.6. The van der Waals surface area contributed by atoms with Crippen molar-refractivity contribution in [3.63, 3.8) is 0 Å². The Morgan fingerprint density at radius 2 is 1.64 bits per heavy atom. The zero-order chi connectivity index (χ0) is 15.7. The lowest BCUT2D eigenvalue weighted by molar-refractivity contribution is -0.114. The van der Waals surface area contributed by atoms with E-state index in [0.717, 1.165) is 16.8 Å². The quantitative estimate of drug-likeness (QED) is 0.754. The van der Waals surface area contributed by atoms with Crippen molar-refractivity contribution < 1.29 is 4.79 Å². The molecule has 1 aliphatic rings. The van der Waals surface area contributed by atoms with Crippen molar-refractivity contribution in [2.24, 2.45) is 5.10 Å². The molecule has 3 nitrogen and oxygen atoms in total. The number of halogens is 1. The smallest absolute Gasteiger partial charge is 0.267 e. The number of hydrazone groups is 1. The molecule has 0 atom stereocenters. The number of hydrogen-bond donors (Lipinski definition) is 0. The van der Waals surface area contributed by atoms with Crippen LogP contribution in [0.4, 0.5) is 5.69 Å². The number of aryl methyl sites for hydroxylation is 1. The molecule has 0 aliphatic carbocycles. The van der Waals surface area contributed by atoms with E-state index in [-0.39, 0.29) is 5.91 Å². The second-order valence-electron chi connectivity index (χ2n) is 5.25. The molecule has 0 unspecified atom stereocenters. The summed E-state index contributed by atoms with van der Waals surface area (Å²) >= 11 is 5.88. The van der Waals surface area contributed by atoms with E-state index in [9.17, 15) is 4.79 Å². The molecule has 0 N–H and O–H groups in total. The molecule has 22 heavy (non-hydrogen) atoms. The third-order valence-electron chi connectivity index (χ3n) is 3.52. The molecule has 4 heteroatoms. The molecule has 1 amide bonds. The molecule has 0 saturated heterocycles. The summed E-state index contributed by atoms with van der Waals surface area (Å²) in [5, 5.41) is 6.48. The van der Waals surface area contributed by atoms with Gasteiger partial charge in [0.2, 0.25) is 0 Å². The zero-order valence-corrected chi connectivity index (χ0v) is 13.1. The Morgan fingerprint density at radius 3 is 2.27 bits per heavy atom. The van der Waals surface area contributed by atoms with Gasteiger partial charge in [-0.2, -0.15) is 10.1 Å². The normalized spacial score (nSPS) is 16.3. The number of carbonyl (C=O) groups is 1. The van der Waals surface area contributed by atoms with E-state index in [4.69, 9.17) is 11.6 Å². The highest BCUT2D eigenvalue weighted by Gasteiger charge is 2.28. The van der Waals surface area contributed by atoms with Gasteiger partial charge in [0.25, 0.3) is 5.91 Å². The Kier molecular flexibility index (Phi) is 3.82. The fraction of sp³-hybridized carbons (Fsp3) is 0.111. The number of carbonyl (C=O) groups excluding carboxylic acids is 1. The van der Waals surface area contributed by atoms with E-state index >= 15 is 0 Å². The average molecular weight is 311 g/mol. The molecular weight excluding hydrogens is 296 g/mol. The van der Waals surface area contributed by atoms with E-state index in [1.807, 2.05) is 56.3 Å². The van der Waals surface area contributed by atoms with Crippen LogP contribution in [-0.2, 0) is 4.79 Å². The third kappa shape index (κ3) is 2.81. The van der Waals surface area contributed by atoms with Crippen molar-refractivity contribution in [3.05, 3.63) is 70.3 Å². The molecule has 1 heterocycles. The van der Waals surface area contributed by atoms with E-state index in [0.29, 0.717) is 16.3 Å². The average Bonchev–Trinajstić information content (AvgIpc) is 2.78. The van der Waals surface area contributed by atoms with Crippen LogP contribution in [0.1, 0.15) is 18.1 Å². The second-order valence-corrected chi connectivity index (χ2v) is 5.68. The Balaban J connectivity index is 1.92. The molecule has 0 aromatic heterocycles. The Bertz CT molecular complexity index is 774. The highest BCUT2D eigenvalue weighted by molar-refractivity contribution is 6.32. The van der Waals surface area contributed by atoms with Crippen molar-refractivity contribution in [2.75, 3.05) is 5.01 Å². The van der Waals surface area contributed by atoms with Crippen molar-refractivity contribution in [2.45, 2.75) is 13.8 Å². The molecule has 0 saturated carbocycles. The number of rotatable bonds is 2. The van der Waals surface area contributed by atoms with E-state index < -0.39 is 0 Å². The highest BCUT2D eigenvalue weighted by atomic mass is 35.5. The Hall–Kier alpha value is -2.39. The van der Waals surface area contributed by atoms with Crippen LogP contribution in [0, 0.1) is 6.92 Å². The fourth-order valence-corrected chi connectivity index (χ4v) is 2.40. The van der Waals surface area contributed by atoms with Gasteiger partial charge in [-0.05, 0) is 49.8 Å². The summed E-state index contributed by atoms with van der Waals surface area (Å²) in [7, 11) is 0. The lowest BCUT2D eigenvalue weighted by Crippen LogP contribution is -2.21. The minimum absolute atomic E-state index is 0.115. The standard InChI is InChI=1S/C18H15ClN2O/c1-12-3-9-16(10-4-12)21-18(22)17(13(2)20-21)11-14-5-7-15(19)8-6-14/h3-11H,1-2H3. The predicted octanol–water partition coefficient (Wildman–Crippen LogP) is 4.45. The van der Waals surface area contributed by atoms with E-state index in [1.54, 1.807) is 12.1 Å². The summed E-state index contributed by atoms with van der Waals surface area (Å²) in [6, 6.07) is 15.1. The lowest BCUT2D eigenvalue weighted by atomic mass is 10.1. The number of anilines is 1. The first-order valence-corrected chi connectivity index (χ1v) is 7.36. The summed E-state index contributed by atoms with van der Waals surface area (Å²) in [5.41, 5.74) is 4.15. The Morgan fingerprint density at radius 1 is 1.00 bits per heavy atom. The van der Waals surface area contributed by atoms with E-state index in [1.165, 1.54) is 5.01 Å². The predicted molar refractivity (Wildman–Crippen MR) is 91.2 cm³/mol. The van der Waals surface area contributed by atoms with Gasteiger partial charge in [-0.1, -0.05) is 41.4 Å². The maximum Gasteiger partial charge on any atom is 0.280 e. The summed E-state index contributed by atoms with van der Waals surface area (Å²) in [6.07, 6.45) is 1.84. The van der Waals surface area contributed by atoms with Crippen LogP contribution in [-0.4, -0.2) is 11.6 Å². The highest BCUT2D eigenvalue weighted by Crippen LogP contribution is 2.25. The zero-order valence-electron chi connectivity index (χ0n) is 12.4. The monoisotopic (exact) mass is 310 g/mol. The van der Waals surface area contributed by atoms with Gasteiger partial charge >= 0.3 is 0 Å². The molecular formula is C18H15ClN2O. The van der Waals surface area contributed by atoms with Crippen LogP contribution in [0.25, 0.3) is 6.08 Å². The van der Waals surface area contributed by atoms with Gasteiger partial charge in [-0.25, -0.2) is 0 Å². The third-order valence-corrected chi connectivity index (χ3v) is 3.77. The number of nitrogens with zero attached hydrogens (tertiary/aromatic N) is 2. The van der Waals surface area contributed by atoms with Crippen LogP contribution >= 0.6 is 11.6 Å². The lowest BCUT2D eigenvalue weighted by Gasteiger charge is -2.11. The van der Waals surface area contributed by atoms with E-state index in [2.05, 4.69) is 5.10 Å².